The van der Waals surface area contributed by atoms with Crippen molar-refractivity contribution in [2.75, 3.05) is 5.75 Å². The molecular weight excluding hydrogens is 234 g/mol. The van der Waals surface area contributed by atoms with Crippen LogP contribution in [-0.4, -0.2) is 26.0 Å². The molecule has 1 rings (SSSR count). The molecule has 1 aromatic carbocycles. The molecule has 0 aliphatic heterocycles. The summed E-state index contributed by atoms with van der Waals surface area (Å²) >= 11 is 0. The molecule has 1 aromatic rings. The lowest BCUT2D eigenvalue weighted by Crippen LogP contribution is -2.11. The molecule has 0 saturated carbocycles. The number of nitrogens with zero attached hydrogens (tertiary/aromatic N) is 1. The highest BCUT2D eigenvalue weighted by molar-refractivity contribution is 7.84. The number of rotatable bonds is 5. The van der Waals surface area contributed by atoms with E-state index in [0.29, 0.717) is 0 Å². The molecule has 0 saturated heterocycles. The fourth-order valence-electron chi connectivity index (χ4n) is 1.17. The summed E-state index contributed by atoms with van der Waals surface area (Å²) in [5.41, 5.74) is 0.147. The smallest absolute Gasteiger partial charge is 0.316 e. The van der Waals surface area contributed by atoms with Crippen LogP contribution in [0.4, 0.5) is 5.69 Å². The van der Waals surface area contributed by atoms with Gasteiger partial charge in [0.05, 0.1) is 10.7 Å². The summed E-state index contributed by atoms with van der Waals surface area (Å²) in [5, 5.41) is 19.0. The Bertz CT molecular complexity index is 445. The van der Waals surface area contributed by atoms with Crippen LogP contribution in [0.1, 0.15) is 5.56 Å². The first kappa shape index (κ1) is 12.3. The average Bonchev–Trinajstić information content (AvgIpc) is 2.16. The topological polar surface area (TPSA) is 97.5 Å². The summed E-state index contributed by atoms with van der Waals surface area (Å²) in [5.74, 6) is -1.81. The minimum absolute atomic E-state index is 0.122. The average molecular weight is 243 g/mol. The van der Waals surface area contributed by atoms with Crippen molar-refractivity contribution < 1.29 is 19.0 Å². The number of carboxylic acids is 1. The second-order valence-electron chi connectivity index (χ2n) is 3.01. The molecule has 1 N–H and O–H groups in total. The number of nitro benzene ring substituents is 1. The molecule has 0 bridgehead atoms. The van der Waals surface area contributed by atoms with Crippen LogP contribution >= 0.6 is 0 Å². The van der Waals surface area contributed by atoms with E-state index in [1.807, 2.05) is 0 Å². The van der Waals surface area contributed by atoms with E-state index in [1.165, 1.54) is 18.2 Å². The van der Waals surface area contributed by atoms with Gasteiger partial charge in [0.2, 0.25) is 0 Å². The number of para-hydroxylation sites is 1. The zero-order valence-electron chi connectivity index (χ0n) is 8.16. The molecule has 0 aliphatic rings. The Labute approximate surface area is 93.5 Å². The highest BCUT2D eigenvalue weighted by Gasteiger charge is 2.15. The van der Waals surface area contributed by atoms with Crippen molar-refractivity contribution in [1.29, 1.82) is 0 Å². The molecule has 0 radical (unpaired) electrons. The van der Waals surface area contributed by atoms with E-state index in [1.54, 1.807) is 6.07 Å². The largest absolute Gasteiger partial charge is 0.481 e. The van der Waals surface area contributed by atoms with Crippen molar-refractivity contribution in [2.45, 2.75) is 5.75 Å². The lowest BCUT2D eigenvalue weighted by atomic mass is 10.2. The van der Waals surface area contributed by atoms with E-state index < -0.39 is 27.4 Å². The van der Waals surface area contributed by atoms with Crippen LogP contribution in [-0.2, 0) is 21.3 Å². The summed E-state index contributed by atoms with van der Waals surface area (Å²) in [6.07, 6.45) is 0. The van der Waals surface area contributed by atoms with Gasteiger partial charge in [-0.25, -0.2) is 0 Å². The van der Waals surface area contributed by atoms with E-state index >= 15 is 0 Å². The van der Waals surface area contributed by atoms with E-state index in [4.69, 9.17) is 5.11 Å². The van der Waals surface area contributed by atoms with Gasteiger partial charge in [-0.05, 0) is 0 Å². The monoisotopic (exact) mass is 243 g/mol. The van der Waals surface area contributed by atoms with E-state index in [-0.39, 0.29) is 17.0 Å². The zero-order chi connectivity index (χ0) is 12.1. The zero-order valence-corrected chi connectivity index (χ0v) is 8.98. The first-order valence-corrected chi connectivity index (χ1v) is 5.78. The summed E-state index contributed by atoms with van der Waals surface area (Å²) in [6.45, 7) is 0. The first-order valence-electron chi connectivity index (χ1n) is 4.29. The van der Waals surface area contributed by atoms with Crippen LogP contribution in [0, 0.1) is 10.1 Å². The standard InChI is InChI=1S/C9H9NO5S/c11-9(12)6-16(15)5-7-3-1-2-4-8(7)10(13)14/h1-4H,5-6H2,(H,11,12). The second kappa shape index (κ2) is 5.36. The lowest BCUT2D eigenvalue weighted by Gasteiger charge is -2.01. The van der Waals surface area contributed by atoms with Gasteiger partial charge in [-0.1, -0.05) is 18.2 Å². The van der Waals surface area contributed by atoms with Gasteiger partial charge >= 0.3 is 5.97 Å². The van der Waals surface area contributed by atoms with Gasteiger partial charge in [-0.3, -0.25) is 19.1 Å². The van der Waals surface area contributed by atoms with Crippen LogP contribution in [0.2, 0.25) is 0 Å². The molecule has 0 amide bonds. The molecule has 16 heavy (non-hydrogen) atoms. The highest BCUT2D eigenvalue weighted by atomic mass is 32.2. The van der Waals surface area contributed by atoms with Crippen molar-refractivity contribution >= 4 is 22.5 Å². The van der Waals surface area contributed by atoms with Gasteiger partial charge in [-0.15, -0.1) is 0 Å². The Morgan fingerprint density at radius 1 is 1.44 bits per heavy atom. The van der Waals surface area contributed by atoms with Crippen LogP contribution in [0.5, 0.6) is 0 Å². The third-order valence-corrected chi connectivity index (χ3v) is 2.99. The van der Waals surface area contributed by atoms with Crippen molar-refractivity contribution in [3.8, 4) is 0 Å². The third kappa shape index (κ3) is 3.43. The van der Waals surface area contributed by atoms with Gasteiger partial charge in [0.1, 0.15) is 5.75 Å². The molecule has 7 heteroatoms. The van der Waals surface area contributed by atoms with Crippen molar-refractivity contribution in [2.24, 2.45) is 0 Å². The Morgan fingerprint density at radius 2 is 2.06 bits per heavy atom. The molecule has 0 heterocycles. The van der Waals surface area contributed by atoms with Crippen LogP contribution in [0.25, 0.3) is 0 Å². The van der Waals surface area contributed by atoms with Gasteiger partial charge in [-0.2, -0.15) is 0 Å². The summed E-state index contributed by atoms with van der Waals surface area (Å²) in [6, 6.07) is 5.85. The number of carbonyl (C=O) groups is 1. The van der Waals surface area contributed by atoms with E-state index in [0.717, 1.165) is 0 Å². The summed E-state index contributed by atoms with van der Waals surface area (Å²) in [4.78, 5) is 20.3. The minimum Gasteiger partial charge on any atom is -0.481 e. The van der Waals surface area contributed by atoms with Crippen molar-refractivity contribution in [1.82, 2.24) is 0 Å². The van der Waals surface area contributed by atoms with Gasteiger partial charge in [0, 0.05) is 22.4 Å². The molecule has 1 atom stereocenters. The molecule has 0 spiro atoms. The van der Waals surface area contributed by atoms with Crippen LogP contribution in [0.15, 0.2) is 24.3 Å². The molecule has 0 fully saturated rings. The second-order valence-corrected chi connectivity index (χ2v) is 4.47. The SMILES string of the molecule is O=C(O)CS(=O)Cc1ccccc1[N+](=O)[O-]. The molecule has 86 valence electrons. The van der Waals surface area contributed by atoms with Crippen molar-refractivity contribution in [3.63, 3.8) is 0 Å². The number of benzene rings is 1. The number of hydrogen-bond donors (Lipinski definition) is 1. The Balaban J connectivity index is 2.84. The maximum Gasteiger partial charge on any atom is 0.316 e. The van der Waals surface area contributed by atoms with Crippen LogP contribution in [0.3, 0.4) is 0 Å². The Kier molecular flexibility index (Phi) is 4.12. The van der Waals surface area contributed by atoms with Crippen molar-refractivity contribution in [3.05, 3.63) is 39.9 Å². The van der Waals surface area contributed by atoms with Gasteiger partial charge < -0.3 is 5.11 Å². The number of nitro groups is 1. The maximum atomic E-state index is 11.3. The molecule has 1 unspecified atom stereocenters. The lowest BCUT2D eigenvalue weighted by molar-refractivity contribution is -0.385. The summed E-state index contributed by atoms with van der Waals surface area (Å²) in [7, 11) is -1.63. The van der Waals surface area contributed by atoms with E-state index in [9.17, 15) is 19.1 Å². The molecule has 6 nitrogen and oxygen atoms in total. The maximum absolute atomic E-state index is 11.3. The highest BCUT2D eigenvalue weighted by Crippen LogP contribution is 2.19. The predicted octanol–water partition coefficient (Wildman–Crippen LogP) is 0.928. The third-order valence-electron chi connectivity index (χ3n) is 1.79. The predicted molar refractivity (Wildman–Crippen MR) is 57.4 cm³/mol. The quantitative estimate of drug-likeness (QED) is 0.612. The fourth-order valence-corrected chi connectivity index (χ4v) is 2.14. The molecule has 0 aliphatic carbocycles. The van der Waals surface area contributed by atoms with Gasteiger partial charge in [0.25, 0.3) is 5.69 Å². The van der Waals surface area contributed by atoms with E-state index in [2.05, 4.69) is 0 Å². The number of hydrogen-bond acceptors (Lipinski definition) is 4. The first-order chi connectivity index (χ1) is 7.50. The Morgan fingerprint density at radius 3 is 2.62 bits per heavy atom. The number of aliphatic carboxylic acids is 1. The normalized spacial score (nSPS) is 12.0. The Hall–Kier alpha value is -1.76. The fraction of sp³-hybridized carbons (Fsp3) is 0.222. The molecular formula is C9H9NO5S. The minimum atomic E-state index is -1.63. The van der Waals surface area contributed by atoms with Crippen LogP contribution < -0.4 is 0 Å². The summed E-state index contributed by atoms with van der Waals surface area (Å²) < 4.78 is 11.3. The van der Waals surface area contributed by atoms with Gasteiger partial charge in [0.15, 0.2) is 0 Å². The number of carboxylic acid groups (broad SMARTS) is 1. The molecule has 0 aromatic heterocycles.